The van der Waals surface area contributed by atoms with Crippen LogP contribution in [0, 0.1) is 0 Å². The van der Waals surface area contributed by atoms with Gasteiger partial charge in [-0.2, -0.15) is 0 Å². The molecule has 0 radical (unpaired) electrons. The van der Waals surface area contributed by atoms with E-state index in [1.165, 1.54) is 5.56 Å². The van der Waals surface area contributed by atoms with Crippen molar-refractivity contribution in [3.63, 3.8) is 0 Å². The first-order valence-corrected chi connectivity index (χ1v) is 11.1. The molecule has 0 unspecified atom stereocenters. The Morgan fingerprint density at radius 2 is 1.70 bits per heavy atom. The standard InChI is InChI=1S/C23H38N4O3/c1-5-24-21(25-16-6-7-17-8-14-20(28)15-9-17)26-18-10-12-19(13-11-18)27-22(29)30-23(2,3)4/h8-9,14-15,18-19,28H,5-7,10-13,16H2,1-4H3,(H,27,29)(H2,24,25,26). The van der Waals surface area contributed by atoms with Crippen molar-refractivity contribution in [3.05, 3.63) is 29.8 Å². The van der Waals surface area contributed by atoms with E-state index in [0.717, 1.165) is 57.6 Å². The molecular formula is C23H38N4O3. The van der Waals surface area contributed by atoms with Crippen molar-refractivity contribution >= 4 is 12.1 Å². The maximum Gasteiger partial charge on any atom is 0.407 e. The Hall–Kier alpha value is -2.44. The summed E-state index contributed by atoms with van der Waals surface area (Å²) in [7, 11) is 0. The van der Waals surface area contributed by atoms with Crippen molar-refractivity contribution in [2.45, 2.75) is 83.9 Å². The molecule has 0 bridgehead atoms. The first-order valence-electron chi connectivity index (χ1n) is 11.1. The number of aliphatic imine (C=N–C) groups is 1. The van der Waals surface area contributed by atoms with Crippen molar-refractivity contribution in [3.8, 4) is 5.75 Å². The van der Waals surface area contributed by atoms with Crippen LogP contribution in [-0.2, 0) is 11.2 Å². The summed E-state index contributed by atoms with van der Waals surface area (Å²) in [5.74, 6) is 1.15. The molecular weight excluding hydrogens is 380 g/mol. The largest absolute Gasteiger partial charge is 0.508 e. The van der Waals surface area contributed by atoms with Gasteiger partial charge in [0.05, 0.1) is 0 Å². The highest BCUT2D eigenvalue weighted by molar-refractivity contribution is 5.80. The molecule has 1 aliphatic carbocycles. The van der Waals surface area contributed by atoms with Crippen molar-refractivity contribution in [2.24, 2.45) is 4.99 Å². The van der Waals surface area contributed by atoms with Crippen LogP contribution in [0.4, 0.5) is 4.79 Å². The predicted molar refractivity (Wildman–Crippen MR) is 121 cm³/mol. The number of phenolic OH excluding ortho intramolecular Hbond substituents is 1. The lowest BCUT2D eigenvalue weighted by Crippen LogP contribution is -2.48. The lowest BCUT2D eigenvalue weighted by atomic mass is 9.91. The van der Waals surface area contributed by atoms with Crippen LogP contribution in [0.2, 0.25) is 0 Å². The fourth-order valence-corrected chi connectivity index (χ4v) is 3.51. The molecule has 168 valence electrons. The summed E-state index contributed by atoms with van der Waals surface area (Å²) in [6.45, 7) is 9.25. The molecule has 0 aromatic heterocycles. The van der Waals surface area contributed by atoms with E-state index in [0.29, 0.717) is 11.8 Å². The van der Waals surface area contributed by atoms with Gasteiger partial charge in [0.25, 0.3) is 0 Å². The first kappa shape index (κ1) is 23.8. The van der Waals surface area contributed by atoms with Gasteiger partial charge in [0.2, 0.25) is 0 Å². The van der Waals surface area contributed by atoms with Gasteiger partial charge in [0.15, 0.2) is 5.96 Å². The Morgan fingerprint density at radius 1 is 1.10 bits per heavy atom. The second-order valence-electron chi connectivity index (χ2n) is 8.87. The van der Waals surface area contributed by atoms with Gasteiger partial charge < -0.3 is 25.8 Å². The number of aromatic hydroxyl groups is 1. The average Bonchev–Trinajstić information content (AvgIpc) is 2.67. The number of nitrogens with one attached hydrogen (secondary N) is 3. The van der Waals surface area contributed by atoms with E-state index < -0.39 is 5.60 Å². The van der Waals surface area contributed by atoms with E-state index in [1.807, 2.05) is 32.9 Å². The summed E-state index contributed by atoms with van der Waals surface area (Å²) in [6, 6.07) is 7.87. The molecule has 1 saturated carbocycles. The van der Waals surface area contributed by atoms with Crippen LogP contribution in [-0.4, -0.2) is 47.9 Å². The fourth-order valence-electron chi connectivity index (χ4n) is 3.51. The van der Waals surface area contributed by atoms with Gasteiger partial charge in [0.1, 0.15) is 11.4 Å². The number of aryl methyl sites for hydroxylation is 1. The zero-order valence-corrected chi connectivity index (χ0v) is 18.8. The monoisotopic (exact) mass is 418 g/mol. The minimum atomic E-state index is -0.470. The van der Waals surface area contributed by atoms with Crippen LogP contribution >= 0.6 is 0 Å². The summed E-state index contributed by atoms with van der Waals surface area (Å²) in [6.07, 6.45) is 5.38. The van der Waals surface area contributed by atoms with E-state index in [1.54, 1.807) is 12.1 Å². The Kier molecular flexibility index (Phi) is 9.27. The quantitative estimate of drug-likeness (QED) is 0.308. The fraction of sp³-hybridized carbons (Fsp3) is 0.652. The van der Waals surface area contributed by atoms with Crippen LogP contribution < -0.4 is 16.0 Å². The third-order valence-corrected chi connectivity index (χ3v) is 4.96. The lowest BCUT2D eigenvalue weighted by molar-refractivity contribution is 0.0490. The molecule has 1 aromatic rings. The number of benzene rings is 1. The summed E-state index contributed by atoms with van der Waals surface area (Å²) in [4.78, 5) is 16.6. The van der Waals surface area contributed by atoms with Crippen LogP contribution in [0.25, 0.3) is 0 Å². The number of alkyl carbamates (subject to hydrolysis) is 1. The number of guanidine groups is 1. The molecule has 0 saturated heterocycles. The number of carbonyl (C=O) groups excluding carboxylic acids is 1. The highest BCUT2D eigenvalue weighted by Crippen LogP contribution is 2.19. The average molecular weight is 419 g/mol. The van der Waals surface area contributed by atoms with Gasteiger partial charge in [-0.1, -0.05) is 12.1 Å². The summed E-state index contributed by atoms with van der Waals surface area (Å²) < 4.78 is 5.35. The number of rotatable bonds is 7. The molecule has 0 aliphatic heterocycles. The molecule has 1 amide bonds. The van der Waals surface area contributed by atoms with Crippen LogP contribution in [0.3, 0.4) is 0 Å². The highest BCUT2D eigenvalue weighted by atomic mass is 16.6. The second-order valence-corrected chi connectivity index (χ2v) is 8.87. The van der Waals surface area contributed by atoms with E-state index in [4.69, 9.17) is 9.73 Å². The predicted octanol–water partition coefficient (Wildman–Crippen LogP) is 3.72. The maximum atomic E-state index is 11.9. The SMILES string of the molecule is CCNC(=NCCCc1ccc(O)cc1)NC1CCC(NC(=O)OC(C)(C)C)CC1. The van der Waals surface area contributed by atoms with Gasteiger partial charge in [-0.15, -0.1) is 0 Å². The van der Waals surface area contributed by atoms with Crippen molar-refractivity contribution in [1.29, 1.82) is 0 Å². The Morgan fingerprint density at radius 3 is 2.27 bits per heavy atom. The number of nitrogens with zero attached hydrogens (tertiary/aromatic N) is 1. The summed E-state index contributed by atoms with van der Waals surface area (Å²) in [5.41, 5.74) is 0.735. The molecule has 4 N–H and O–H groups in total. The van der Waals surface area contributed by atoms with Crippen LogP contribution in [0.1, 0.15) is 65.4 Å². The summed E-state index contributed by atoms with van der Waals surface area (Å²) in [5, 5.41) is 19.2. The van der Waals surface area contributed by atoms with E-state index >= 15 is 0 Å². The van der Waals surface area contributed by atoms with Crippen molar-refractivity contribution in [2.75, 3.05) is 13.1 Å². The Labute approximate surface area is 180 Å². The van der Waals surface area contributed by atoms with Gasteiger partial charge in [-0.25, -0.2) is 4.79 Å². The smallest absolute Gasteiger partial charge is 0.407 e. The Bertz CT molecular complexity index is 675. The van der Waals surface area contributed by atoms with Crippen LogP contribution in [0.15, 0.2) is 29.3 Å². The van der Waals surface area contributed by atoms with Crippen molar-refractivity contribution < 1.29 is 14.6 Å². The third-order valence-electron chi connectivity index (χ3n) is 4.96. The number of ether oxygens (including phenoxy) is 1. The molecule has 0 atom stereocenters. The number of hydrogen-bond acceptors (Lipinski definition) is 4. The minimum Gasteiger partial charge on any atom is -0.508 e. The maximum absolute atomic E-state index is 11.9. The molecule has 30 heavy (non-hydrogen) atoms. The molecule has 1 fully saturated rings. The molecule has 2 rings (SSSR count). The first-order chi connectivity index (χ1) is 14.2. The zero-order chi connectivity index (χ0) is 22.0. The van der Waals surface area contributed by atoms with Crippen molar-refractivity contribution in [1.82, 2.24) is 16.0 Å². The summed E-state index contributed by atoms with van der Waals surface area (Å²) >= 11 is 0. The molecule has 7 heteroatoms. The minimum absolute atomic E-state index is 0.169. The normalized spacial score (nSPS) is 19.8. The topological polar surface area (TPSA) is 95.0 Å². The number of phenols is 1. The van der Waals surface area contributed by atoms with E-state index in [9.17, 15) is 9.90 Å². The van der Waals surface area contributed by atoms with Gasteiger partial charge in [-0.3, -0.25) is 4.99 Å². The molecule has 1 aliphatic rings. The Balaban J connectivity index is 1.72. The number of carbonyl (C=O) groups is 1. The van der Waals surface area contributed by atoms with Gasteiger partial charge in [0, 0.05) is 25.2 Å². The van der Waals surface area contributed by atoms with E-state index in [2.05, 4.69) is 22.9 Å². The molecule has 0 heterocycles. The molecule has 1 aromatic carbocycles. The third kappa shape index (κ3) is 9.37. The number of amides is 1. The number of hydrogen-bond donors (Lipinski definition) is 4. The second kappa shape index (κ2) is 11.7. The van der Waals surface area contributed by atoms with Gasteiger partial charge >= 0.3 is 6.09 Å². The van der Waals surface area contributed by atoms with Gasteiger partial charge in [-0.05, 0) is 83.9 Å². The lowest BCUT2D eigenvalue weighted by Gasteiger charge is -2.31. The van der Waals surface area contributed by atoms with E-state index in [-0.39, 0.29) is 12.1 Å². The van der Waals surface area contributed by atoms with Crippen LogP contribution in [0.5, 0.6) is 5.75 Å². The highest BCUT2D eigenvalue weighted by Gasteiger charge is 2.25. The molecule has 7 nitrogen and oxygen atoms in total. The molecule has 0 spiro atoms. The zero-order valence-electron chi connectivity index (χ0n) is 18.8.